The van der Waals surface area contributed by atoms with Gasteiger partial charge in [-0.2, -0.15) is 4.98 Å². The van der Waals surface area contributed by atoms with Crippen LogP contribution >= 0.6 is 0 Å². The Kier molecular flexibility index (Phi) is 4.39. The van der Waals surface area contributed by atoms with Gasteiger partial charge >= 0.3 is 0 Å². The van der Waals surface area contributed by atoms with Gasteiger partial charge in [0.2, 0.25) is 5.95 Å². The molecule has 0 atom stereocenters. The second-order valence-corrected chi connectivity index (χ2v) is 6.16. The third-order valence-electron chi connectivity index (χ3n) is 4.44. The van der Waals surface area contributed by atoms with E-state index in [2.05, 4.69) is 19.9 Å². The maximum Gasteiger partial charge on any atom is 0.254 e. The lowest BCUT2D eigenvalue weighted by molar-refractivity contribution is 0.246. The Labute approximate surface area is 139 Å². The highest BCUT2D eigenvalue weighted by molar-refractivity contribution is 5.41. The van der Waals surface area contributed by atoms with Crippen molar-refractivity contribution in [2.45, 2.75) is 20.4 Å². The number of hydrogen-bond acceptors (Lipinski definition) is 6. The molecule has 3 rings (SSSR count). The van der Waals surface area contributed by atoms with Gasteiger partial charge in [0.15, 0.2) is 5.43 Å². The topological polar surface area (TPSA) is 111 Å². The van der Waals surface area contributed by atoms with E-state index in [-0.39, 0.29) is 16.9 Å². The van der Waals surface area contributed by atoms with Crippen molar-refractivity contribution in [2.75, 3.05) is 36.8 Å². The molecule has 0 amide bonds. The molecule has 8 nitrogen and oxygen atoms in total. The highest BCUT2D eigenvalue weighted by atomic mass is 16.1. The minimum atomic E-state index is -0.243. The van der Waals surface area contributed by atoms with Crippen LogP contribution in [0.2, 0.25) is 0 Å². The first-order chi connectivity index (χ1) is 11.4. The second-order valence-electron chi connectivity index (χ2n) is 6.16. The van der Waals surface area contributed by atoms with E-state index in [1.165, 1.54) is 6.07 Å². The van der Waals surface area contributed by atoms with Crippen molar-refractivity contribution in [3.63, 3.8) is 0 Å². The summed E-state index contributed by atoms with van der Waals surface area (Å²) in [5.74, 6) is 0.739. The average Bonchev–Trinajstić information content (AvgIpc) is 2.55. The summed E-state index contributed by atoms with van der Waals surface area (Å²) in [5, 5.41) is 0. The molecule has 3 heterocycles. The van der Waals surface area contributed by atoms with E-state index >= 15 is 0 Å². The van der Waals surface area contributed by atoms with Gasteiger partial charge in [-0.15, -0.1) is 0 Å². The Morgan fingerprint density at radius 3 is 2.58 bits per heavy atom. The largest absolute Gasteiger partial charge is 0.369 e. The lowest BCUT2D eigenvalue weighted by atomic mass is 10.1. The Morgan fingerprint density at radius 1 is 1.21 bits per heavy atom. The molecule has 1 aliphatic rings. The van der Waals surface area contributed by atoms with Crippen LogP contribution in [0.25, 0.3) is 0 Å². The molecule has 4 N–H and O–H groups in total. The summed E-state index contributed by atoms with van der Waals surface area (Å²) in [6.45, 7) is 7.54. The van der Waals surface area contributed by atoms with Crippen LogP contribution in [0.15, 0.2) is 21.9 Å². The van der Waals surface area contributed by atoms with Crippen LogP contribution in [0.3, 0.4) is 0 Å². The summed E-state index contributed by atoms with van der Waals surface area (Å²) < 4.78 is 0. The molecule has 1 saturated heterocycles. The van der Waals surface area contributed by atoms with E-state index in [1.54, 1.807) is 6.20 Å². The molecule has 2 aromatic heterocycles. The molecule has 0 radical (unpaired) electrons. The number of rotatable bonds is 3. The van der Waals surface area contributed by atoms with Gasteiger partial charge in [-0.1, -0.05) is 0 Å². The first kappa shape index (κ1) is 16.3. The Hall–Kier alpha value is -2.61. The minimum Gasteiger partial charge on any atom is -0.369 e. The smallest absolute Gasteiger partial charge is 0.254 e. The van der Waals surface area contributed by atoms with E-state index < -0.39 is 0 Å². The fraction of sp³-hybridized carbons (Fsp3) is 0.438. The summed E-state index contributed by atoms with van der Waals surface area (Å²) >= 11 is 0. The number of hydrogen-bond donors (Lipinski definition) is 3. The lowest BCUT2D eigenvalue weighted by Gasteiger charge is -2.35. The fourth-order valence-electron chi connectivity index (χ4n) is 2.95. The third-order valence-corrected chi connectivity index (χ3v) is 4.44. The number of nitrogen functional groups attached to an aromatic ring is 1. The summed E-state index contributed by atoms with van der Waals surface area (Å²) in [6, 6.07) is 1.47. The van der Waals surface area contributed by atoms with Gasteiger partial charge in [-0.25, -0.2) is 0 Å². The van der Waals surface area contributed by atoms with E-state index in [4.69, 9.17) is 5.73 Å². The van der Waals surface area contributed by atoms with Crippen molar-refractivity contribution in [2.24, 2.45) is 0 Å². The van der Waals surface area contributed by atoms with Gasteiger partial charge in [-0.3, -0.25) is 19.5 Å². The zero-order valence-electron chi connectivity index (χ0n) is 13.9. The SMILES string of the molecule is Cc1c[nH]c(CN2CCN(c3cc(=O)[nH]c(N)n3)CC2)c(C)c1=O. The van der Waals surface area contributed by atoms with Crippen LogP contribution in [0.4, 0.5) is 11.8 Å². The first-order valence-corrected chi connectivity index (χ1v) is 7.96. The van der Waals surface area contributed by atoms with Gasteiger partial charge in [-0.05, 0) is 13.8 Å². The maximum absolute atomic E-state index is 12.0. The van der Waals surface area contributed by atoms with Crippen LogP contribution in [0.1, 0.15) is 16.8 Å². The minimum absolute atomic E-state index is 0.102. The monoisotopic (exact) mass is 330 g/mol. The van der Waals surface area contributed by atoms with Crippen LogP contribution in [0.5, 0.6) is 0 Å². The molecule has 24 heavy (non-hydrogen) atoms. The van der Waals surface area contributed by atoms with E-state index in [1.807, 2.05) is 18.7 Å². The van der Waals surface area contributed by atoms with E-state index in [0.717, 1.165) is 43.0 Å². The summed E-state index contributed by atoms with van der Waals surface area (Å²) in [4.78, 5) is 37.7. The molecule has 0 aromatic carbocycles. The number of aromatic nitrogens is 3. The molecule has 0 unspecified atom stereocenters. The zero-order chi connectivity index (χ0) is 17.3. The summed E-state index contributed by atoms with van der Waals surface area (Å²) in [6.07, 6.45) is 1.77. The van der Waals surface area contributed by atoms with E-state index in [0.29, 0.717) is 12.4 Å². The van der Waals surface area contributed by atoms with Crippen molar-refractivity contribution in [1.82, 2.24) is 19.9 Å². The highest BCUT2D eigenvalue weighted by Gasteiger charge is 2.20. The average molecular weight is 330 g/mol. The number of nitrogens with one attached hydrogen (secondary N) is 2. The number of nitrogens with two attached hydrogens (primary N) is 1. The third kappa shape index (κ3) is 3.33. The molecule has 0 spiro atoms. The quantitative estimate of drug-likeness (QED) is 0.729. The molecule has 0 saturated carbocycles. The molecule has 0 aliphatic carbocycles. The van der Waals surface area contributed by atoms with Gasteiger partial charge in [0.05, 0.1) is 0 Å². The van der Waals surface area contributed by atoms with Crippen LogP contribution in [-0.4, -0.2) is 46.0 Å². The number of aryl methyl sites for hydroxylation is 1. The molecule has 1 aliphatic heterocycles. The predicted molar refractivity (Wildman–Crippen MR) is 93.3 cm³/mol. The van der Waals surface area contributed by atoms with Crippen LogP contribution in [-0.2, 0) is 6.54 Å². The number of pyridine rings is 1. The molecule has 2 aromatic rings. The number of H-pyrrole nitrogens is 2. The molecular formula is C16H22N6O2. The number of nitrogens with zero attached hydrogens (tertiary/aromatic N) is 3. The molecular weight excluding hydrogens is 308 g/mol. The predicted octanol–water partition coefficient (Wildman–Crippen LogP) is -0.0206. The van der Waals surface area contributed by atoms with Crippen LogP contribution in [0, 0.1) is 13.8 Å². The van der Waals surface area contributed by atoms with Crippen molar-refractivity contribution in [1.29, 1.82) is 0 Å². The van der Waals surface area contributed by atoms with Crippen molar-refractivity contribution >= 4 is 11.8 Å². The Balaban J connectivity index is 1.66. The molecule has 0 bridgehead atoms. The van der Waals surface area contributed by atoms with Gasteiger partial charge < -0.3 is 15.6 Å². The standard InChI is InChI=1S/C16H22N6O2/c1-10-8-18-12(11(2)15(10)24)9-21-3-5-22(6-4-21)13-7-14(23)20-16(17)19-13/h7-8H,3-6,9H2,1-2H3,(H,18,24)(H3,17,19,20,23). The first-order valence-electron chi connectivity index (χ1n) is 7.96. The zero-order valence-corrected chi connectivity index (χ0v) is 13.9. The van der Waals surface area contributed by atoms with E-state index in [9.17, 15) is 9.59 Å². The highest BCUT2D eigenvalue weighted by Crippen LogP contribution is 2.14. The second kappa shape index (κ2) is 6.48. The molecule has 128 valence electrons. The summed E-state index contributed by atoms with van der Waals surface area (Å²) in [7, 11) is 0. The molecule has 8 heteroatoms. The van der Waals surface area contributed by atoms with Crippen molar-refractivity contribution < 1.29 is 0 Å². The summed E-state index contributed by atoms with van der Waals surface area (Å²) in [5.41, 5.74) is 7.93. The normalized spacial score (nSPS) is 15.7. The van der Waals surface area contributed by atoms with Gasteiger partial charge in [0.25, 0.3) is 5.56 Å². The number of aromatic amines is 2. The van der Waals surface area contributed by atoms with Crippen LogP contribution < -0.4 is 21.6 Å². The Bertz CT molecular complexity index is 848. The van der Waals surface area contributed by atoms with Gasteiger partial charge in [0, 0.05) is 61.8 Å². The van der Waals surface area contributed by atoms with Crippen molar-refractivity contribution in [3.05, 3.63) is 49.7 Å². The molecule has 1 fully saturated rings. The number of piperazine rings is 1. The maximum atomic E-state index is 12.0. The van der Waals surface area contributed by atoms with Crippen molar-refractivity contribution in [3.8, 4) is 0 Å². The van der Waals surface area contributed by atoms with Gasteiger partial charge in [0.1, 0.15) is 5.82 Å². The Morgan fingerprint density at radius 2 is 1.92 bits per heavy atom. The fourth-order valence-corrected chi connectivity index (χ4v) is 2.95. The lowest BCUT2D eigenvalue weighted by Crippen LogP contribution is -2.46. The number of anilines is 2.